The monoisotopic (exact) mass is 262 g/mol. The van der Waals surface area contributed by atoms with Crippen molar-refractivity contribution in [1.29, 1.82) is 0 Å². The summed E-state index contributed by atoms with van der Waals surface area (Å²) in [6, 6.07) is 7.50. The number of ketones is 1. The van der Waals surface area contributed by atoms with Crippen LogP contribution in [0.3, 0.4) is 0 Å². The first-order chi connectivity index (χ1) is 8.69. The molecule has 0 saturated carbocycles. The molecule has 18 heavy (non-hydrogen) atoms. The second-order valence-corrected chi connectivity index (χ2v) is 4.41. The standard InChI is InChI=1S/C14H15ClN2O/c1-3-12-10(14(18)4-2)9-16-17(12)13-8-6-5-7-11(13)15/h5-9H,3-4H2,1-2H3. The molecule has 1 aromatic heterocycles. The van der Waals surface area contributed by atoms with Gasteiger partial charge in [0.2, 0.25) is 0 Å². The number of nitrogens with zero attached hydrogens (tertiary/aromatic N) is 2. The molecule has 0 amide bonds. The van der Waals surface area contributed by atoms with E-state index >= 15 is 0 Å². The summed E-state index contributed by atoms with van der Waals surface area (Å²) in [7, 11) is 0. The van der Waals surface area contributed by atoms with E-state index in [9.17, 15) is 4.79 Å². The van der Waals surface area contributed by atoms with Crippen molar-refractivity contribution in [2.24, 2.45) is 0 Å². The number of hydrogen-bond acceptors (Lipinski definition) is 2. The quantitative estimate of drug-likeness (QED) is 0.788. The van der Waals surface area contributed by atoms with Gasteiger partial charge in [0.05, 0.1) is 28.2 Å². The van der Waals surface area contributed by atoms with Gasteiger partial charge in [0.15, 0.2) is 5.78 Å². The van der Waals surface area contributed by atoms with E-state index < -0.39 is 0 Å². The third kappa shape index (κ3) is 2.18. The molecular weight excluding hydrogens is 248 g/mol. The number of rotatable bonds is 4. The van der Waals surface area contributed by atoms with Gasteiger partial charge in [0.25, 0.3) is 0 Å². The summed E-state index contributed by atoms with van der Waals surface area (Å²) >= 11 is 6.16. The Morgan fingerprint density at radius 1 is 1.33 bits per heavy atom. The van der Waals surface area contributed by atoms with E-state index in [1.165, 1.54) is 0 Å². The van der Waals surface area contributed by atoms with Crippen LogP contribution in [0.25, 0.3) is 5.69 Å². The molecule has 0 atom stereocenters. The lowest BCUT2D eigenvalue weighted by Gasteiger charge is -2.08. The van der Waals surface area contributed by atoms with Crippen LogP contribution in [0.5, 0.6) is 0 Å². The van der Waals surface area contributed by atoms with Gasteiger partial charge < -0.3 is 0 Å². The van der Waals surface area contributed by atoms with Gasteiger partial charge in [-0.15, -0.1) is 0 Å². The van der Waals surface area contributed by atoms with Crippen molar-refractivity contribution in [1.82, 2.24) is 9.78 Å². The SMILES string of the molecule is CCC(=O)c1cnn(-c2ccccc2Cl)c1CC. The predicted molar refractivity (Wildman–Crippen MR) is 72.6 cm³/mol. The van der Waals surface area contributed by atoms with Crippen LogP contribution in [0.1, 0.15) is 36.3 Å². The summed E-state index contributed by atoms with van der Waals surface area (Å²) in [4.78, 5) is 11.8. The lowest BCUT2D eigenvalue weighted by Crippen LogP contribution is -2.06. The van der Waals surface area contributed by atoms with Crippen molar-refractivity contribution >= 4 is 17.4 Å². The molecular formula is C14H15ClN2O. The van der Waals surface area contributed by atoms with Crippen molar-refractivity contribution < 1.29 is 4.79 Å². The van der Waals surface area contributed by atoms with E-state index in [1.54, 1.807) is 10.9 Å². The zero-order valence-corrected chi connectivity index (χ0v) is 11.2. The molecule has 0 bridgehead atoms. The maximum absolute atomic E-state index is 11.8. The molecule has 94 valence electrons. The van der Waals surface area contributed by atoms with Crippen molar-refractivity contribution in [3.8, 4) is 5.69 Å². The molecule has 2 aromatic rings. The van der Waals surface area contributed by atoms with Crippen LogP contribution in [0.4, 0.5) is 0 Å². The zero-order chi connectivity index (χ0) is 13.1. The lowest BCUT2D eigenvalue weighted by molar-refractivity contribution is 0.0987. The van der Waals surface area contributed by atoms with E-state index in [4.69, 9.17) is 11.6 Å². The first-order valence-electron chi connectivity index (χ1n) is 6.04. The van der Waals surface area contributed by atoms with Gasteiger partial charge in [-0.05, 0) is 18.6 Å². The number of halogens is 1. The van der Waals surface area contributed by atoms with E-state index in [-0.39, 0.29) is 5.78 Å². The van der Waals surface area contributed by atoms with Crippen molar-refractivity contribution in [2.75, 3.05) is 0 Å². The van der Waals surface area contributed by atoms with Gasteiger partial charge in [-0.2, -0.15) is 5.10 Å². The highest BCUT2D eigenvalue weighted by Crippen LogP contribution is 2.23. The van der Waals surface area contributed by atoms with Crippen LogP contribution in [-0.4, -0.2) is 15.6 Å². The highest BCUT2D eigenvalue weighted by molar-refractivity contribution is 6.32. The molecule has 0 saturated heterocycles. The largest absolute Gasteiger partial charge is 0.294 e. The average Bonchev–Trinajstić information content (AvgIpc) is 2.81. The van der Waals surface area contributed by atoms with E-state index in [0.717, 1.165) is 17.8 Å². The number of hydrogen-bond donors (Lipinski definition) is 0. The molecule has 2 rings (SSSR count). The van der Waals surface area contributed by atoms with Gasteiger partial charge in [0.1, 0.15) is 0 Å². The van der Waals surface area contributed by atoms with Gasteiger partial charge in [-0.3, -0.25) is 4.79 Å². The minimum absolute atomic E-state index is 0.116. The molecule has 0 N–H and O–H groups in total. The summed E-state index contributed by atoms with van der Waals surface area (Å²) in [5, 5.41) is 4.93. The topological polar surface area (TPSA) is 34.9 Å². The Morgan fingerprint density at radius 2 is 2.06 bits per heavy atom. The van der Waals surface area contributed by atoms with Crippen molar-refractivity contribution in [2.45, 2.75) is 26.7 Å². The number of carbonyl (C=O) groups is 1. The third-order valence-corrected chi connectivity index (χ3v) is 3.23. The Kier molecular flexibility index (Phi) is 3.82. The molecule has 4 heteroatoms. The smallest absolute Gasteiger partial charge is 0.166 e. The number of carbonyl (C=O) groups excluding carboxylic acids is 1. The number of aromatic nitrogens is 2. The lowest BCUT2D eigenvalue weighted by atomic mass is 10.1. The molecule has 1 aromatic carbocycles. The Bertz CT molecular complexity index is 575. The van der Waals surface area contributed by atoms with Crippen LogP contribution in [0.15, 0.2) is 30.5 Å². The average molecular weight is 263 g/mol. The van der Waals surface area contributed by atoms with Crippen molar-refractivity contribution in [3.05, 3.63) is 46.7 Å². The maximum Gasteiger partial charge on any atom is 0.166 e. The first-order valence-corrected chi connectivity index (χ1v) is 6.41. The molecule has 0 radical (unpaired) electrons. The molecule has 1 heterocycles. The van der Waals surface area contributed by atoms with Gasteiger partial charge in [-0.1, -0.05) is 37.6 Å². The summed E-state index contributed by atoms with van der Waals surface area (Å²) in [5.41, 5.74) is 2.42. The first kappa shape index (κ1) is 12.8. The molecule has 0 aliphatic carbocycles. The maximum atomic E-state index is 11.8. The fourth-order valence-corrected chi connectivity index (χ4v) is 2.18. The minimum Gasteiger partial charge on any atom is -0.294 e. The number of para-hydroxylation sites is 1. The fourth-order valence-electron chi connectivity index (χ4n) is 1.97. The summed E-state index contributed by atoms with van der Waals surface area (Å²) in [6.45, 7) is 3.87. The van der Waals surface area contributed by atoms with Crippen molar-refractivity contribution in [3.63, 3.8) is 0 Å². The molecule has 3 nitrogen and oxygen atoms in total. The second-order valence-electron chi connectivity index (χ2n) is 4.00. The Hall–Kier alpha value is -1.61. The number of benzene rings is 1. The Labute approximate surface area is 111 Å². The fraction of sp³-hybridized carbons (Fsp3) is 0.286. The molecule has 0 aliphatic heterocycles. The third-order valence-electron chi connectivity index (χ3n) is 2.91. The van der Waals surface area contributed by atoms with Crippen LogP contribution in [-0.2, 0) is 6.42 Å². The number of Topliss-reactive ketones (excluding diaryl/α,β-unsaturated/α-hetero) is 1. The molecule has 0 aliphatic rings. The minimum atomic E-state index is 0.116. The summed E-state index contributed by atoms with van der Waals surface area (Å²) in [6.07, 6.45) is 2.86. The summed E-state index contributed by atoms with van der Waals surface area (Å²) < 4.78 is 1.76. The van der Waals surface area contributed by atoms with Crippen LogP contribution in [0, 0.1) is 0 Å². The van der Waals surface area contributed by atoms with Crippen LogP contribution < -0.4 is 0 Å². The van der Waals surface area contributed by atoms with Crippen LogP contribution >= 0.6 is 11.6 Å². The zero-order valence-electron chi connectivity index (χ0n) is 10.5. The van der Waals surface area contributed by atoms with Gasteiger partial charge in [0, 0.05) is 6.42 Å². The summed E-state index contributed by atoms with van der Waals surface area (Å²) in [5.74, 6) is 0.116. The molecule has 0 fully saturated rings. The van der Waals surface area contributed by atoms with E-state index in [2.05, 4.69) is 5.10 Å². The van der Waals surface area contributed by atoms with E-state index in [0.29, 0.717) is 17.0 Å². The highest BCUT2D eigenvalue weighted by Gasteiger charge is 2.16. The van der Waals surface area contributed by atoms with E-state index in [1.807, 2.05) is 38.1 Å². The predicted octanol–water partition coefficient (Wildman–Crippen LogP) is 3.68. The van der Waals surface area contributed by atoms with Gasteiger partial charge >= 0.3 is 0 Å². The van der Waals surface area contributed by atoms with Gasteiger partial charge in [-0.25, -0.2) is 4.68 Å². The normalized spacial score (nSPS) is 10.6. The van der Waals surface area contributed by atoms with Crippen LogP contribution in [0.2, 0.25) is 5.02 Å². The Balaban J connectivity index is 2.56. The highest BCUT2D eigenvalue weighted by atomic mass is 35.5. The Morgan fingerprint density at radius 3 is 2.67 bits per heavy atom. The molecule has 0 unspecified atom stereocenters. The molecule has 0 spiro atoms. The second kappa shape index (κ2) is 5.36.